The molecule has 2 N–H and O–H groups in total. The zero-order valence-corrected chi connectivity index (χ0v) is 13.3. The van der Waals surface area contributed by atoms with E-state index >= 15 is 0 Å². The van der Waals surface area contributed by atoms with E-state index in [9.17, 15) is 4.79 Å². The zero-order valence-electron chi connectivity index (χ0n) is 13.3. The predicted octanol–water partition coefficient (Wildman–Crippen LogP) is 2.14. The van der Waals surface area contributed by atoms with Gasteiger partial charge in [-0.3, -0.25) is 0 Å². The predicted molar refractivity (Wildman–Crippen MR) is 87.7 cm³/mol. The van der Waals surface area contributed by atoms with Crippen LogP contribution in [0.15, 0.2) is 42.6 Å². The molecule has 6 nitrogen and oxygen atoms in total. The summed E-state index contributed by atoms with van der Waals surface area (Å²) in [7, 11) is 3.20. The van der Waals surface area contributed by atoms with E-state index in [0.29, 0.717) is 19.0 Å². The number of methoxy groups -OCH3 is 2. The van der Waals surface area contributed by atoms with Gasteiger partial charge in [-0.05, 0) is 29.7 Å². The number of ether oxygens (including phenoxy) is 2. The Kier molecular flexibility index (Phi) is 6.23. The number of nitrogens with zero attached hydrogens (tertiary/aromatic N) is 1. The van der Waals surface area contributed by atoms with E-state index in [1.165, 1.54) is 0 Å². The van der Waals surface area contributed by atoms with Crippen molar-refractivity contribution >= 4 is 6.03 Å². The Balaban J connectivity index is 1.70. The molecule has 0 radical (unpaired) electrons. The Morgan fingerprint density at radius 2 is 1.96 bits per heavy atom. The number of carbonyl (C=O) groups excluding carboxylic acids is 1. The van der Waals surface area contributed by atoms with Gasteiger partial charge in [0.25, 0.3) is 0 Å². The van der Waals surface area contributed by atoms with Crippen LogP contribution in [0.2, 0.25) is 0 Å². The van der Waals surface area contributed by atoms with Crippen LogP contribution in [0.4, 0.5) is 4.79 Å². The third-order valence-corrected chi connectivity index (χ3v) is 3.29. The number of amides is 2. The van der Waals surface area contributed by atoms with Crippen LogP contribution in [0.25, 0.3) is 0 Å². The van der Waals surface area contributed by atoms with E-state index in [1.807, 2.05) is 30.3 Å². The Labute approximate surface area is 135 Å². The van der Waals surface area contributed by atoms with Crippen LogP contribution in [0.3, 0.4) is 0 Å². The monoisotopic (exact) mass is 315 g/mol. The number of hydrogen-bond donors (Lipinski definition) is 2. The van der Waals surface area contributed by atoms with Gasteiger partial charge in [0.1, 0.15) is 5.75 Å². The molecule has 1 aromatic carbocycles. The number of rotatable bonds is 7. The largest absolute Gasteiger partial charge is 0.497 e. The minimum absolute atomic E-state index is 0.205. The number of benzene rings is 1. The summed E-state index contributed by atoms with van der Waals surface area (Å²) in [5.41, 5.74) is 2.03. The highest BCUT2D eigenvalue weighted by molar-refractivity contribution is 5.73. The van der Waals surface area contributed by atoms with Crippen molar-refractivity contribution in [3.05, 3.63) is 53.7 Å². The quantitative estimate of drug-likeness (QED) is 0.821. The number of urea groups is 1. The van der Waals surface area contributed by atoms with Crippen molar-refractivity contribution in [3.63, 3.8) is 0 Å². The molecule has 6 heteroatoms. The van der Waals surface area contributed by atoms with Crippen molar-refractivity contribution in [2.45, 2.75) is 13.0 Å². The van der Waals surface area contributed by atoms with Crippen molar-refractivity contribution in [3.8, 4) is 11.6 Å². The van der Waals surface area contributed by atoms with Gasteiger partial charge in [0.2, 0.25) is 5.88 Å². The van der Waals surface area contributed by atoms with Crippen LogP contribution in [-0.4, -0.2) is 31.8 Å². The van der Waals surface area contributed by atoms with Crippen LogP contribution < -0.4 is 20.1 Å². The highest BCUT2D eigenvalue weighted by Gasteiger charge is 2.02. The second-order valence-corrected chi connectivity index (χ2v) is 4.92. The minimum atomic E-state index is -0.205. The molecule has 0 saturated heterocycles. The van der Waals surface area contributed by atoms with E-state index in [1.54, 1.807) is 26.5 Å². The van der Waals surface area contributed by atoms with Gasteiger partial charge < -0.3 is 20.1 Å². The first-order valence-corrected chi connectivity index (χ1v) is 7.35. The van der Waals surface area contributed by atoms with E-state index in [0.717, 1.165) is 23.3 Å². The van der Waals surface area contributed by atoms with Gasteiger partial charge in [-0.1, -0.05) is 18.2 Å². The van der Waals surface area contributed by atoms with Crippen molar-refractivity contribution in [2.24, 2.45) is 0 Å². The van der Waals surface area contributed by atoms with Crippen molar-refractivity contribution in [2.75, 3.05) is 20.8 Å². The SMILES string of the molecule is COc1cccc(CCNC(=O)NCc2ccc(OC)nc2)c1. The Morgan fingerprint density at radius 3 is 2.65 bits per heavy atom. The van der Waals surface area contributed by atoms with E-state index in [2.05, 4.69) is 15.6 Å². The fraction of sp³-hybridized carbons (Fsp3) is 0.294. The molecule has 2 rings (SSSR count). The lowest BCUT2D eigenvalue weighted by atomic mass is 10.1. The Hall–Kier alpha value is -2.76. The number of carbonyl (C=O) groups is 1. The lowest BCUT2D eigenvalue weighted by Crippen LogP contribution is -2.36. The molecular weight excluding hydrogens is 294 g/mol. The summed E-state index contributed by atoms with van der Waals surface area (Å²) < 4.78 is 10.2. The topological polar surface area (TPSA) is 72.5 Å². The van der Waals surface area contributed by atoms with Crippen molar-refractivity contribution < 1.29 is 14.3 Å². The van der Waals surface area contributed by atoms with Gasteiger partial charge in [-0.2, -0.15) is 0 Å². The van der Waals surface area contributed by atoms with Crippen LogP contribution in [0.5, 0.6) is 11.6 Å². The third-order valence-electron chi connectivity index (χ3n) is 3.29. The molecule has 122 valence electrons. The van der Waals surface area contributed by atoms with E-state index < -0.39 is 0 Å². The van der Waals surface area contributed by atoms with Crippen LogP contribution in [0.1, 0.15) is 11.1 Å². The maximum Gasteiger partial charge on any atom is 0.315 e. The van der Waals surface area contributed by atoms with Crippen LogP contribution in [0, 0.1) is 0 Å². The average Bonchev–Trinajstić information content (AvgIpc) is 2.60. The lowest BCUT2D eigenvalue weighted by molar-refractivity contribution is 0.240. The summed E-state index contributed by atoms with van der Waals surface area (Å²) in [6.45, 7) is 0.974. The molecule has 0 bridgehead atoms. The maximum atomic E-state index is 11.8. The summed E-state index contributed by atoms with van der Waals surface area (Å²) in [6.07, 6.45) is 2.42. The first-order chi connectivity index (χ1) is 11.2. The molecule has 0 aliphatic rings. The summed E-state index contributed by atoms with van der Waals surface area (Å²) in [4.78, 5) is 15.8. The molecule has 0 aliphatic carbocycles. The van der Waals surface area contributed by atoms with Crippen molar-refractivity contribution in [1.82, 2.24) is 15.6 Å². The second kappa shape index (κ2) is 8.63. The van der Waals surface area contributed by atoms with Gasteiger partial charge >= 0.3 is 6.03 Å². The van der Waals surface area contributed by atoms with E-state index in [-0.39, 0.29) is 6.03 Å². The standard InChI is InChI=1S/C17H21N3O3/c1-22-15-5-3-4-13(10-15)8-9-18-17(21)20-12-14-6-7-16(23-2)19-11-14/h3-7,10-11H,8-9,12H2,1-2H3,(H2,18,20,21). The summed E-state index contributed by atoms with van der Waals surface area (Å²) >= 11 is 0. The summed E-state index contributed by atoms with van der Waals surface area (Å²) in [5, 5.41) is 5.62. The van der Waals surface area contributed by atoms with Crippen LogP contribution in [-0.2, 0) is 13.0 Å². The van der Waals surface area contributed by atoms with Crippen molar-refractivity contribution in [1.29, 1.82) is 0 Å². The second-order valence-electron chi connectivity index (χ2n) is 4.92. The molecule has 0 spiro atoms. The fourth-order valence-electron chi connectivity index (χ4n) is 2.03. The highest BCUT2D eigenvalue weighted by Crippen LogP contribution is 2.12. The van der Waals surface area contributed by atoms with Gasteiger partial charge in [-0.15, -0.1) is 0 Å². The maximum absolute atomic E-state index is 11.8. The Bertz CT molecular complexity index is 629. The fourth-order valence-corrected chi connectivity index (χ4v) is 2.03. The molecular formula is C17H21N3O3. The first-order valence-electron chi connectivity index (χ1n) is 7.35. The van der Waals surface area contributed by atoms with Crippen LogP contribution >= 0.6 is 0 Å². The van der Waals surface area contributed by atoms with Gasteiger partial charge in [0.15, 0.2) is 0 Å². The smallest absolute Gasteiger partial charge is 0.315 e. The van der Waals surface area contributed by atoms with Gasteiger partial charge in [-0.25, -0.2) is 9.78 Å². The molecule has 2 amide bonds. The highest BCUT2D eigenvalue weighted by atomic mass is 16.5. The molecule has 0 atom stereocenters. The molecule has 1 heterocycles. The lowest BCUT2D eigenvalue weighted by Gasteiger charge is -2.08. The number of nitrogens with one attached hydrogen (secondary N) is 2. The molecule has 2 aromatic rings. The number of aromatic nitrogens is 1. The Morgan fingerprint density at radius 1 is 1.09 bits per heavy atom. The minimum Gasteiger partial charge on any atom is -0.497 e. The third kappa shape index (κ3) is 5.50. The molecule has 23 heavy (non-hydrogen) atoms. The molecule has 1 aromatic heterocycles. The molecule has 0 aliphatic heterocycles. The molecule has 0 unspecified atom stereocenters. The summed E-state index contributed by atoms with van der Waals surface area (Å²) in [6, 6.07) is 11.2. The zero-order chi connectivity index (χ0) is 16.5. The normalized spacial score (nSPS) is 10.0. The summed E-state index contributed by atoms with van der Waals surface area (Å²) in [5.74, 6) is 1.37. The molecule has 0 fully saturated rings. The van der Waals surface area contributed by atoms with Gasteiger partial charge in [0.05, 0.1) is 14.2 Å². The first kappa shape index (κ1) is 16.6. The number of pyridine rings is 1. The van der Waals surface area contributed by atoms with Gasteiger partial charge in [0, 0.05) is 25.4 Å². The molecule has 0 saturated carbocycles. The van der Waals surface area contributed by atoms with E-state index in [4.69, 9.17) is 9.47 Å². The average molecular weight is 315 g/mol. The number of hydrogen-bond acceptors (Lipinski definition) is 4.